The first-order valence-corrected chi connectivity index (χ1v) is 4.84. The minimum absolute atomic E-state index is 0.544. The SMILES string of the molecule is Cc1nc2cc3c(cc2s1)COO3. The van der Waals surface area contributed by atoms with Crippen LogP contribution in [0.15, 0.2) is 12.1 Å². The van der Waals surface area contributed by atoms with Crippen LogP contribution in [0, 0.1) is 6.92 Å². The molecule has 3 nitrogen and oxygen atoms in total. The second kappa shape index (κ2) is 2.43. The molecule has 0 saturated heterocycles. The van der Waals surface area contributed by atoms with Crippen LogP contribution in [0.4, 0.5) is 0 Å². The number of thiazole rings is 1. The van der Waals surface area contributed by atoms with E-state index in [0.29, 0.717) is 6.61 Å². The highest BCUT2D eigenvalue weighted by Gasteiger charge is 2.15. The largest absolute Gasteiger partial charge is 0.337 e. The van der Waals surface area contributed by atoms with Gasteiger partial charge < -0.3 is 4.89 Å². The van der Waals surface area contributed by atoms with Crippen molar-refractivity contribution in [2.75, 3.05) is 0 Å². The normalized spacial score (nSPS) is 14.5. The number of benzene rings is 1. The zero-order valence-corrected chi connectivity index (χ0v) is 7.85. The van der Waals surface area contributed by atoms with Crippen LogP contribution in [0.1, 0.15) is 10.6 Å². The van der Waals surface area contributed by atoms with Crippen molar-refractivity contribution >= 4 is 21.6 Å². The molecule has 4 heteroatoms. The van der Waals surface area contributed by atoms with E-state index in [1.54, 1.807) is 11.3 Å². The highest BCUT2D eigenvalue weighted by molar-refractivity contribution is 7.18. The molecule has 2 heterocycles. The Morgan fingerprint density at radius 2 is 2.38 bits per heavy atom. The third-order valence-corrected chi connectivity index (χ3v) is 2.97. The Hall–Kier alpha value is -1.13. The van der Waals surface area contributed by atoms with Gasteiger partial charge in [0.2, 0.25) is 0 Å². The number of aromatic nitrogens is 1. The second-order valence-electron chi connectivity index (χ2n) is 3.01. The average Bonchev–Trinajstić information content (AvgIpc) is 2.63. The molecular weight excluding hydrogens is 186 g/mol. The average molecular weight is 193 g/mol. The van der Waals surface area contributed by atoms with E-state index in [0.717, 1.165) is 21.8 Å². The maximum absolute atomic E-state index is 4.98. The maximum atomic E-state index is 4.98. The highest BCUT2D eigenvalue weighted by atomic mass is 32.1. The highest BCUT2D eigenvalue weighted by Crippen LogP contribution is 2.33. The van der Waals surface area contributed by atoms with E-state index in [-0.39, 0.29) is 0 Å². The predicted molar refractivity (Wildman–Crippen MR) is 49.8 cm³/mol. The van der Waals surface area contributed by atoms with E-state index in [2.05, 4.69) is 11.1 Å². The number of nitrogens with zero attached hydrogens (tertiary/aromatic N) is 1. The van der Waals surface area contributed by atoms with Crippen molar-refractivity contribution < 1.29 is 9.78 Å². The van der Waals surface area contributed by atoms with E-state index < -0.39 is 0 Å². The van der Waals surface area contributed by atoms with Crippen molar-refractivity contribution in [3.63, 3.8) is 0 Å². The van der Waals surface area contributed by atoms with E-state index >= 15 is 0 Å². The Bertz CT molecular complexity index is 437. The molecule has 0 N–H and O–H groups in total. The van der Waals surface area contributed by atoms with Crippen LogP contribution >= 0.6 is 11.3 Å². The minimum atomic E-state index is 0.544. The molecule has 0 aliphatic carbocycles. The molecule has 0 spiro atoms. The Morgan fingerprint density at radius 1 is 1.46 bits per heavy atom. The first kappa shape index (κ1) is 7.29. The molecule has 0 fully saturated rings. The van der Waals surface area contributed by atoms with Crippen molar-refractivity contribution in [1.82, 2.24) is 4.98 Å². The van der Waals surface area contributed by atoms with Crippen molar-refractivity contribution in [3.05, 3.63) is 22.7 Å². The number of hydrogen-bond donors (Lipinski definition) is 0. The Kier molecular flexibility index (Phi) is 1.36. The van der Waals surface area contributed by atoms with Gasteiger partial charge in [-0.25, -0.2) is 4.98 Å². The lowest BCUT2D eigenvalue weighted by Crippen LogP contribution is -1.81. The van der Waals surface area contributed by atoms with Crippen LogP contribution in [-0.4, -0.2) is 4.98 Å². The smallest absolute Gasteiger partial charge is 0.173 e. The first-order chi connectivity index (χ1) is 6.33. The Labute approximate surface area is 78.9 Å². The lowest BCUT2D eigenvalue weighted by atomic mass is 10.2. The summed E-state index contributed by atoms with van der Waals surface area (Å²) in [7, 11) is 0. The molecule has 0 atom stereocenters. The lowest BCUT2D eigenvalue weighted by Gasteiger charge is -1.92. The van der Waals surface area contributed by atoms with Crippen LogP contribution < -0.4 is 4.89 Å². The zero-order chi connectivity index (χ0) is 8.84. The fourth-order valence-electron chi connectivity index (χ4n) is 1.46. The molecule has 1 aliphatic heterocycles. The lowest BCUT2D eigenvalue weighted by molar-refractivity contribution is -0.194. The standard InChI is InChI=1S/C9H7NO2S/c1-5-10-7-3-8-6(4-11-12-8)2-9(7)13-5/h2-3H,4H2,1H3. The van der Waals surface area contributed by atoms with Gasteiger partial charge in [0.1, 0.15) is 6.61 Å². The maximum Gasteiger partial charge on any atom is 0.173 e. The molecule has 0 radical (unpaired) electrons. The number of fused-ring (bicyclic) bond motifs is 2. The van der Waals surface area contributed by atoms with Crippen LogP contribution in [-0.2, 0) is 11.5 Å². The van der Waals surface area contributed by atoms with Gasteiger partial charge in [0.05, 0.1) is 15.2 Å². The minimum Gasteiger partial charge on any atom is -0.337 e. The first-order valence-electron chi connectivity index (χ1n) is 4.02. The third-order valence-electron chi connectivity index (χ3n) is 2.04. The Balaban J connectivity index is 2.35. The summed E-state index contributed by atoms with van der Waals surface area (Å²) in [4.78, 5) is 14.2. The summed E-state index contributed by atoms with van der Waals surface area (Å²) in [5.41, 5.74) is 2.10. The molecule has 1 aromatic carbocycles. The van der Waals surface area contributed by atoms with Crippen LogP contribution in [0.3, 0.4) is 0 Å². The predicted octanol–water partition coefficient (Wildman–Crippen LogP) is 2.43. The molecule has 2 aromatic rings. The summed E-state index contributed by atoms with van der Waals surface area (Å²) in [6, 6.07) is 4.02. The van der Waals surface area contributed by atoms with Gasteiger partial charge in [-0.05, 0) is 13.0 Å². The molecule has 13 heavy (non-hydrogen) atoms. The van der Waals surface area contributed by atoms with Crippen LogP contribution in [0.25, 0.3) is 10.2 Å². The van der Waals surface area contributed by atoms with Crippen molar-refractivity contribution in [3.8, 4) is 5.75 Å². The summed E-state index contributed by atoms with van der Waals surface area (Å²) in [6.45, 7) is 2.55. The second-order valence-corrected chi connectivity index (χ2v) is 4.24. The molecule has 0 unspecified atom stereocenters. The van der Waals surface area contributed by atoms with Crippen LogP contribution in [0.5, 0.6) is 5.75 Å². The van der Waals surface area contributed by atoms with E-state index in [4.69, 9.17) is 9.78 Å². The number of aryl methyl sites for hydroxylation is 1. The molecule has 0 bridgehead atoms. The van der Waals surface area contributed by atoms with Crippen LogP contribution in [0.2, 0.25) is 0 Å². The van der Waals surface area contributed by atoms with E-state index in [1.807, 2.05) is 13.0 Å². The van der Waals surface area contributed by atoms with E-state index in [1.165, 1.54) is 4.70 Å². The van der Waals surface area contributed by atoms with Gasteiger partial charge in [0.25, 0.3) is 0 Å². The summed E-state index contributed by atoms with van der Waals surface area (Å²) < 4.78 is 1.20. The van der Waals surface area contributed by atoms with Crippen molar-refractivity contribution in [2.45, 2.75) is 13.5 Å². The van der Waals surface area contributed by atoms with E-state index in [9.17, 15) is 0 Å². The van der Waals surface area contributed by atoms with Crippen molar-refractivity contribution in [2.24, 2.45) is 0 Å². The van der Waals surface area contributed by atoms with Gasteiger partial charge in [0.15, 0.2) is 5.75 Å². The third kappa shape index (κ3) is 1.03. The van der Waals surface area contributed by atoms with Gasteiger partial charge in [-0.2, -0.15) is 4.89 Å². The summed E-state index contributed by atoms with van der Waals surface area (Å²) in [5, 5.41) is 1.08. The quantitative estimate of drug-likeness (QED) is 0.602. The molecule has 0 saturated carbocycles. The molecule has 3 rings (SSSR count). The van der Waals surface area contributed by atoms with Gasteiger partial charge >= 0.3 is 0 Å². The van der Waals surface area contributed by atoms with Gasteiger partial charge in [-0.3, -0.25) is 0 Å². The molecular formula is C9H7NO2S. The molecule has 1 aliphatic rings. The number of rotatable bonds is 0. The van der Waals surface area contributed by atoms with Gasteiger partial charge in [0, 0.05) is 11.6 Å². The fourth-order valence-corrected chi connectivity index (χ4v) is 2.33. The van der Waals surface area contributed by atoms with Gasteiger partial charge in [-0.1, -0.05) is 0 Å². The monoisotopic (exact) mass is 193 g/mol. The van der Waals surface area contributed by atoms with Crippen molar-refractivity contribution in [1.29, 1.82) is 0 Å². The molecule has 0 amide bonds. The molecule has 66 valence electrons. The summed E-state index contributed by atoms with van der Waals surface area (Å²) in [6.07, 6.45) is 0. The summed E-state index contributed by atoms with van der Waals surface area (Å²) in [5.74, 6) is 0.804. The summed E-state index contributed by atoms with van der Waals surface area (Å²) >= 11 is 1.70. The number of hydrogen-bond acceptors (Lipinski definition) is 4. The zero-order valence-electron chi connectivity index (χ0n) is 7.03. The van der Waals surface area contributed by atoms with Gasteiger partial charge in [-0.15, -0.1) is 11.3 Å². The molecule has 1 aromatic heterocycles. The fraction of sp³-hybridized carbons (Fsp3) is 0.222. The topological polar surface area (TPSA) is 31.4 Å². The Morgan fingerprint density at radius 3 is 3.31 bits per heavy atom.